The number of ether oxygens (including phenoxy) is 1. The van der Waals surface area contributed by atoms with Gasteiger partial charge in [0.2, 0.25) is 0 Å². The predicted octanol–water partition coefficient (Wildman–Crippen LogP) is 4.03. The van der Waals surface area contributed by atoms with E-state index >= 15 is 0 Å². The number of benzene rings is 2. The summed E-state index contributed by atoms with van der Waals surface area (Å²) in [6.07, 6.45) is 1.62. The molecule has 1 fully saturated rings. The molecule has 4 heterocycles. The Bertz CT molecular complexity index is 1790. The van der Waals surface area contributed by atoms with Crippen molar-refractivity contribution in [3.63, 3.8) is 0 Å². The Morgan fingerprint density at radius 1 is 0.952 bits per heavy atom. The zero-order valence-electron chi connectivity index (χ0n) is 23.5. The molecule has 6 rings (SSSR count). The summed E-state index contributed by atoms with van der Waals surface area (Å²) in [7, 11) is 0. The number of hydrogen-bond acceptors (Lipinski definition) is 6. The summed E-state index contributed by atoms with van der Waals surface area (Å²) in [4.78, 5) is 35.5. The van der Waals surface area contributed by atoms with Crippen LogP contribution in [0.5, 0.6) is 5.75 Å². The summed E-state index contributed by atoms with van der Waals surface area (Å²) in [6.45, 7) is 7.20. The van der Waals surface area contributed by atoms with Crippen LogP contribution >= 0.6 is 0 Å². The Kier molecular flexibility index (Phi) is 7.54. The van der Waals surface area contributed by atoms with Gasteiger partial charge >= 0.3 is 0 Å². The Morgan fingerprint density at radius 2 is 1.69 bits per heavy atom. The minimum Gasteiger partial charge on any atom is -0.480 e. The van der Waals surface area contributed by atoms with Gasteiger partial charge in [0.1, 0.15) is 11.5 Å². The average Bonchev–Trinajstić information content (AvgIpc) is 3.38. The lowest BCUT2D eigenvalue weighted by Gasteiger charge is -2.34. The third-order valence-corrected chi connectivity index (χ3v) is 7.54. The second-order valence-electron chi connectivity index (χ2n) is 10.4. The molecule has 0 spiro atoms. The summed E-state index contributed by atoms with van der Waals surface area (Å²) in [5, 5.41) is 4.63. The maximum atomic E-state index is 13.6. The molecule has 214 valence electrons. The molecule has 0 N–H and O–H groups in total. The fourth-order valence-electron chi connectivity index (χ4n) is 5.32. The number of aromatic nitrogens is 4. The molecule has 3 aromatic heterocycles. The van der Waals surface area contributed by atoms with Crippen LogP contribution in [0.3, 0.4) is 0 Å². The second kappa shape index (κ2) is 11.6. The van der Waals surface area contributed by atoms with Crippen molar-refractivity contribution < 1.29 is 13.9 Å². The van der Waals surface area contributed by atoms with Crippen LogP contribution in [-0.4, -0.2) is 67.7 Å². The van der Waals surface area contributed by atoms with E-state index in [0.29, 0.717) is 47.1 Å². The Hall–Kier alpha value is -4.83. The largest absolute Gasteiger partial charge is 0.480 e. The first-order valence-corrected chi connectivity index (χ1v) is 13.9. The molecule has 2 aromatic carbocycles. The molecule has 1 aliphatic rings. The number of amides is 1. The molecule has 10 heteroatoms. The van der Waals surface area contributed by atoms with Crippen LogP contribution in [0.15, 0.2) is 83.8 Å². The van der Waals surface area contributed by atoms with Gasteiger partial charge in [0.05, 0.1) is 16.9 Å². The lowest BCUT2D eigenvalue weighted by atomic mass is 10.1. The number of carbonyl (C=O) groups is 1. The highest BCUT2D eigenvalue weighted by Crippen LogP contribution is 2.24. The number of nitrogens with zero attached hydrogens (tertiary/aromatic N) is 6. The maximum absolute atomic E-state index is 13.6. The van der Waals surface area contributed by atoms with Gasteiger partial charge in [-0.3, -0.25) is 18.9 Å². The number of fused-ring (bicyclic) bond motifs is 1. The summed E-state index contributed by atoms with van der Waals surface area (Å²) >= 11 is 0. The highest BCUT2D eigenvalue weighted by molar-refractivity contribution is 5.78. The van der Waals surface area contributed by atoms with E-state index in [4.69, 9.17) is 4.74 Å². The zero-order valence-corrected chi connectivity index (χ0v) is 23.5. The van der Waals surface area contributed by atoms with Gasteiger partial charge < -0.3 is 9.64 Å². The molecule has 1 saturated heterocycles. The SMILES string of the molecule is Cc1nc2c(OCC(=O)N3CCN(Cc4ccccc4)CC3)cccn2c(=O)c1-c1cc(C)n(-c2ccc(F)cc2)n1. The molecular formula is C32H31FN6O3. The average molecular weight is 567 g/mol. The molecule has 9 nitrogen and oxygen atoms in total. The van der Waals surface area contributed by atoms with Crippen molar-refractivity contribution >= 4 is 11.6 Å². The van der Waals surface area contributed by atoms with Gasteiger partial charge in [-0.05, 0) is 61.9 Å². The summed E-state index contributed by atoms with van der Waals surface area (Å²) in [5.74, 6) is -0.0834. The molecule has 5 aromatic rings. The van der Waals surface area contributed by atoms with Crippen molar-refractivity contribution in [1.82, 2.24) is 29.0 Å². The van der Waals surface area contributed by atoms with E-state index in [1.165, 1.54) is 22.1 Å². The van der Waals surface area contributed by atoms with Gasteiger partial charge in [0, 0.05) is 44.6 Å². The monoisotopic (exact) mass is 566 g/mol. The summed E-state index contributed by atoms with van der Waals surface area (Å²) in [5.41, 5.74) is 4.08. The van der Waals surface area contributed by atoms with Crippen molar-refractivity contribution in [3.05, 3.63) is 112 Å². The number of hydrogen-bond donors (Lipinski definition) is 0. The molecule has 0 atom stereocenters. The molecule has 1 amide bonds. The third-order valence-electron chi connectivity index (χ3n) is 7.54. The molecule has 0 bridgehead atoms. The van der Waals surface area contributed by atoms with Crippen molar-refractivity contribution in [2.75, 3.05) is 32.8 Å². The van der Waals surface area contributed by atoms with Crippen LogP contribution < -0.4 is 10.3 Å². The fourth-order valence-corrected chi connectivity index (χ4v) is 5.32. The van der Waals surface area contributed by atoms with Crippen LogP contribution in [0, 0.1) is 19.7 Å². The van der Waals surface area contributed by atoms with E-state index in [9.17, 15) is 14.0 Å². The van der Waals surface area contributed by atoms with Crippen LogP contribution in [0.25, 0.3) is 22.6 Å². The molecule has 0 radical (unpaired) electrons. The number of pyridine rings is 1. The van der Waals surface area contributed by atoms with Gasteiger partial charge in [-0.25, -0.2) is 14.1 Å². The highest BCUT2D eigenvalue weighted by Gasteiger charge is 2.23. The summed E-state index contributed by atoms with van der Waals surface area (Å²) in [6, 6.07) is 21.5. The fraction of sp³-hybridized carbons (Fsp3) is 0.250. The summed E-state index contributed by atoms with van der Waals surface area (Å²) < 4.78 is 22.4. The van der Waals surface area contributed by atoms with Gasteiger partial charge in [-0.1, -0.05) is 30.3 Å². The van der Waals surface area contributed by atoms with E-state index in [1.54, 1.807) is 48.1 Å². The maximum Gasteiger partial charge on any atom is 0.267 e. The Morgan fingerprint density at radius 3 is 2.43 bits per heavy atom. The van der Waals surface area contributed by atoms with Crippen molar-refractivity contribution in [3.8, 4) is 22.7 Å². The number of carbonyl (C=O) groups excluding carboxylic acids is 1. The number of aryl methyl sites for hydroxylation is 2. The lowest BCUT2D eigenvalue weighted by molar-refractivity contribution is -0.135. The highest BCUT2D eigenvalue weighted by atomic mass is 19.1. The van der Waals surface area contributed by atoms with Gasteiger partial charge in [-0.2, -0.15) is 5.10 Å². The van der Waals surface area contributed by atoms with Crippen molar-refractivity contribution in [2.45, 2.75) is 20.4 Å². The van der Waals surface area contributed by atoms with Crippen LogP contribution in [0.4, 0.5) is 4.39 Å². The van der Waals surface area contributed by atoms with Gasteiger partial charge in [-0.15, -0.1) is 0 Å². The molecule has 0 unspecified atom stereocenters. The Balaban J connectivity index is 1.17. The van der Waals surface area contributed by atoms with Gasteiger partial charge in [0.25, 0.3) is 11.5 Å². The minimum absolute atomic E-state index is 0.103. The normalized spacial score (nSPS) is 13.9. The molecule has 0 aliphatic carbocycles. The first-order valence-electron chi connectivity index (χ1n) is 13.9. The molecule has 42 heavy (non-hydrogen) atoms. The van der Waals surface area contributed by atoms with Crippen LogP contribution in [0.1, 0.15) is 17.0 Å². The molecule has 0 saturated carbocycles. The quantitative estimate of drug-likeness (QED) is 0.296. The van der Waals surface area contributed by atoms with Crippen LogP contribution in [-0.2, 0) is 11.3 Å². The number of piperazine rings is 1. The van der Waals surface area contributed by atoms with Gasteiger partial charge in [0.15, 0.2) is 18.0 Å². The number of halogens is 1. The van der Waals surface area contributed by atoms with E-state index in [2.05, 4.69) is 27.1 Å². The van der Waals surface area contributed by atoms with Crippen LogP contribution in [0.2, 0.25) is 0 Å². The predicted molar refractivity (Wildman–Crippen MR) is 157 cm³/mol. The first-order chi connectivity index (χ1) is 20.4. The van der Waals surface area contributed by atoms with Crippen molar-refractivity contribution in [1.29, 1.82) is 0 Å². The number of rotatable bonds is 7. The third kappa shape index (κ3) is 5.53. The van der Waals surface area contributed by atoms with E-state index < -0.39 is 0 Å². The first kappa shape index (κ1) is 27.3. The standard InChI is InChI=1S/C32H31FN6O3/c1-22-19-27(35-39(22)26-12-10-25(33)11-13-26)30-23(2)34-31-28(9-6-14-38(31)32(30)41)42-21-29(40)37-17-15-36(16-18-37)20-24-7-4-3-5-8-24/h3-14,19H,15-18,20-21H2,1-2H3. The lowest BCUT2D eigenvalue weighted by Crippen LogP contribution is -2.49. The van der Waals surface area contributed by atoms with Crippen molar-refractivity contribution in [2.24, 2.45) is 0 Å². The van der Waals surface area contributed by atoms with E-state index in [1.807, 2.05) is 30.0 Å². The van der Waals surface area contributed by atoms with E-state index in [0.717, 1.165) is 25.3 Å². The Labute approximate surface area is 242 Å². The topological polar surface area (TPSA) is 85.0 Å². The minimum atomic E-state index is -0.335. The smallest absolute Gasteiger partial charge is 0.267 e. The molecular weight excluding hydrogens is 535 g/mol. The van der Waals surface area contributed by atoms with E-state index in [-0.39, 0.29) is 23.9 Å². The second-order valence-corrected chi connectivity index (χ2v) is 10.4. The molecule has 1 aliphatic heterocycles. The zero-order chi connectivity index (χ0) is 29.2.